The summed E-state index contributed by atoms with van der Waals surface area (Å²) in [6.07, 6.45) is 1.56. The van der Waals surface area contributed by atoms with Crippen LogP contribution < -0.4 is 4.74 Å². The van der Waals surface area contributed by atoms with Crippen LogP contribution in [0.3, 0.4) is 0 Å². The minimum atomic E-state index is -0.552. The number of nitrogens with zero attached hydrogens (tertiary/aromatic N) is 2. The first-order chi connectivity index (χ1) is 14.1. The van der Waals surface area contributed by atoms with E-state index in [4.69, 9.17) is 4.74 Å². The predicted octanol–water partition coefficient (Wildman–Crippen LogP) is 2.34. The van der Waals surface area contributed by atoms with Crippen LogP contribution in [0.25, 0.3) is 10.9 Å². The fourth-order valence-electron chi connectivity index (χ4n) is 3.55. The van der Waals surface area contributed by atoms with Gasteiger partial charge in [-0.3, -0.25) is 14.4 Å². The number of carbonyl (C=O) groups excluding carboxylic acids is 3. The summed E-state index contributed by atoms with van der Waals surface area (Å²) in [5.74, 6) is -0.490. The SMILES string of the molecule is COc1ccc2c(C(=O)C(=O)N3CCN(C(=O)c4ccccc4)CC3)c[nH]c2c1. The largest absolute Gasteiger partial charge is 0.497 e. The van der Waals surface area contributed by atoms with Crippen LogP contribution in [-0.4, -0.2) is 65.7 Å². The van der Waals surface area contributed by atoms with Crippen molar-refractivity contribution < 1.29 is 19.1 Å². The van der Waals surface area contributed by atoms with Gasteiger partial charge < -0.3 is 19.5 Å². The molecule has 4 rings (SSSR count). The Kier molecular flexibility index (Phi) is 5.03. The van der Waals surface area contributed by atoms with Gasteiger partial charge in [-0.15, -0.1) is 0 Å². The van der Waals surface area contributed by atoms with Gasteiger partial charge in [-0.2, -0.15) is 0 Å². The van der Waals surface area contributed by atoms with E-state index in [-0.39, 0.29) is 5.91 Å². The van der Waals surface area contributed by atoms with Crippen molar-refractivity contribution in [2.75, 3.05) is 33.3 Å². The van der Waals surface area contributed by atoms with Gasteiger partial charge in [-0.1, -0.05) is 18.2 Å². The van der Waals surface area contributed by atoms with Crippen molar-refractivity contribution in [2.24, 2.45) is 0 Å². The first kappa shape index (κ1) is 18.7. The smallest absolute Gasteiger partial charge is 0.295 e. The Labute approximate surface area is 167 Å². The van der Waals surface area contributed by atoms with Crippen molar-refractivity contribution in [3.8, 4) is 5.75 Å². The molecule has 2 heterocycles. The summed E-state index contributed by atoms with van der Waals surface area (Å²) in [5.41, 5.74) is 1.70. The number of H-pyrrole nitrogens is 1. The molecule has 148 valence electrons. The van der Waals surface area contributed by atoms with E-state index < -0.39 is 11.7 Å². The number of aromatic nitrogens is 1. The molecule has 1 saturated heterocycles. The summed E-state index contributed by atoms with van der Waals surface area (Å²) in [6, 6.07) is 14.4. The number of carbonyl (C=O) groups is 3. The highest BCUT2D eigenvalue weighted by molar-refractivity contribution is 6.44. The number of hydrogen-bond acceptors (Lipinski definition) is 4. The number of methoxy groups -OCH3 is 1. The van der Waals surface area contributed by atoms with Crippen LogP contribution in [0.2, 0.25) is 0 Å². The molecule has 0 saturated carbocycles. The maximum absolute atomic E-state index is 12.8. The van der Waals surface area contributed by atoms with Crippen molar-refractivity contribution in [2.45, 2.75) is 0 Å². The Morgan fingerprint density at radius 3 is 2.31 bits per heavy atom. The molecule has 0 aliphatic carbocycles. The third kappa shape index (κ3) is 3.59. The second-order valence-corrected chi connectivity index (χ2v) is 6.89. The molecule has 1 aliphatic rings. The molecule has 1 aliphatic heterocycles. The van der Waals surface area contributed by atoms with Gasteiger partial charge in [0.25, 0.3) is 17.6 Å². The second kappa shape index (κ2) is 7.79. The molecular formula is C22H21N3O4. The predicted molar refractivity (Wildman–Crippen MR) is 108 cm³/mol. The number of ether oxygens (including phenoxy) is 1. The Balaban J connectivity index is 1.43. The average molecular weight is 391 g/mol. The molecule has 7 heteroatoms. The van der Waals surface area contributed by atoms with Crippen molar-refractivity contribution in [3.63, 3.8) is 0 Å². The van der Waals surface area contributed by atoms with E-state index in [1.54, 1.807) is 48.5 Å². The summed E-state index contributed by atoms with van der Waals surface area (Å²) < 4.78 is 5.18. The van der Waals surface area contributed by atoms with Gasteiger partial charge in [0, 0.05) is 54.9 Å². The molecule has 1 N–H and O–H groups in total. The molecule has 0 atom stereocenters. The van der Waals surface area contributed by atoms with Crippen molar-refractivity contribution in [3.05, 3.63) is 65.9 Å². The molecule has 2 aromatic carbocycles. The van der Waals surface area contributed by atoms with Gasteiger partial charge in [-0.05, 0) is 24.3 Å². The zero-order valence-corrected chi connectivity index (χ0v) is 16.1. The summed E-state index contributed by atoms with van der Waals surface area (Å²) in [7, 11) is 1.57. The molecule has 1 fully saturated rings. The zero-order valence-electron chi connectivity index (χ0n) is 16.1. The second-order valence-electron chi connectivity index (χ2n) is 6.89. The molecule has 0 spiro atoms. The maximum Gasteiger partial charge on any atom is 0.295 e. The first-order valence-electron chi connectivity index (χ1n) is 9.41. The third-order valence-electron chi connectivity index (χ3n) is 5.20. The number of aromatic amines is 1. The molecular weight excluding hydrogens is 370 g/mol. The number of fused-ring (bicyclic) bond motifs is 1. The lowest BCUT2D eigenvalue weighted by Gasteiger charge is -2.34. The van der Waals surface area contributed by atoms with Crippen molar-refractivity contribution in [1.82, 2.24) is 14.8 Å². The number of rotatable bonds is 4. The highest BCUT2D eigenvalue weighted by Crippen LogP contribution is 2.24. The number of hydrogen-bond donors (Lipinski definition) is 1. The number of ketones is 1. The molecule has 7 nitrogen and oxygen atoms in total. The van der Waals surface area contributed by atoms with Crippen LogP contribution in [0, 0.1) is 0 Å². The molecule has 1 aromatic heterocycles. The average Bonchev–Trinajstić information content (AvgIpc) is 3.21. The van der Waals surface area contributed by atoms with Gasteiger partial charge in [0.15, 0.2) is 0 Å². The maximum atomic E-state index is 12.8. The van der Waals surface area contributed by atoms with E-state index in [1.807, 2.05) is 18.2 Å². The highest BCUT2D eigenvalue weighted by Gasteiger charge is 2.30. The fourth-order valence-corrected chi connectivity index (χ4v) is 3.55. The summed E-state index contributed by atoms with van der Waals surface area (Å²) in [5, 5.41) is 0.682. The topological polar surface area (TPSA) is 82.7 Å². The normalized spacial score (nSPS) is 14.1. The third-order valence-corrected chi connectivity index (χ3v) is 5.20. The van der Waals surface area contributed by atoms with Crippen LogP contribution in [0.5, 0.6) is 5.75 Å². The monoisotopic (exact) mass is 391 g/mol. The van der Waals surface area contributed by atoms with Crippen LogP contribution in [-0.2, 0) is 4.79 Å². The van der Waals surface area contributed by atoms with E-state index in [0.29, 0.717) is 48.4 Å². The Morgan fingerprint density at radius 1 is 0.931 bits per heavy atom. The number of Topliss-reactive ketones (excluding diaryl/α,β-unsaturated/α-hetero) is 1. The van der Waals surface area contributed by atoms with Gasteiger partial charge in [0.1, 0.15) is 5.75 Å². The molecule has 2 amide bonds. The van der Waals surface area contributed by atoms with Crippen LogP contribution >= 0.6 is 0 Å². The molecule has 3 aromatic rings. The van der Waals surface area contributed by atoms with Crippen LogP contribution in [0.4, 0.5) is 0 Å². The van der Waals surface area contributed by atoms with E-state index in [2.05, 4.69) is 4.98 Å². The van der Waals surface area contributed by atoms with E-state index in [0.717, 1.165) is 5.52 Å². The van der Waals surface area contributed by atoms with Gasteiger partial charge in [0.2, 0.25) is 0 Å². The number of nitrogens with one attached hydrogen (secondary N) is 1. The summed E-state index contributed by atoms with van der Waals surface area (Å²) in [4.78, 5) is 44.3. The fraction of sp³-hybridized carbons (Fsp3) is 0.227. The van der Waals surface area contributed by atoms with Crippen molar-refractivity contribution >= 4 is 28.5 Å². The first-order valence-corrected chi connectivity index (χ1v) is 9.41. The molecule has 0 unspecified atom stereocenters. The lowest BCUT2D eigenvalue weighted by Crippen LogP contribution is -2.52. The quantitative estimate of drug-likeness (QED) is 0.547. The van der Waals surface area contributed by atoms with Crippen LogP contribution in [0.15, 0.2) is 54.7 Å². The molecule has 0 radical (unpaired) electrons. The van der Waals surface area contributed by atoms with Gasteiger partial charge in [-0.25, -0.2) is 0 Å². The Bertz CT molecular complexity index is 1070. The Hall–Kier alpha value is -3.61. The lowest BCUT2D eigenvalue weighted by atomic mass is 10.1. The molecule has 0 bridgehead atoms. The minimum absolute atomic E-state index is 0.0606. The lowest BCUT2D eigenvalue weighted by molar-refractivity contribution is -0.127. The number of piperazine rings is 1. The Morgan fingerprint density at radius 2 is 1.62 bits per heavy atom. The molecule has 29 heavy (non-hydrogen) atoms. The van der Waals surface area contributed by atoms with E-state index >= 15 is 0 Å². The minimum Gasteiger partial charge on any atom is -0.497 e. The van der Waals surface area contributed by atoms with Gasteiger partial charge >= 0.3 is 0 Å². The standard InChI is InChI=1S/C22H21N3O4/c1-29-16-7-8-17-18(14-23-19(17)13-16)20(26)22(28)25-11-9-24(10-12-25)21(27)15-5-3-2-4-6-15/h2-8,13-14,23H,9-12H2,1H3. The highest BCUT2D eigenvalue weighted by atomic mass is 16.5. The van der Waals surface area contributed by atoms with Crippen molar-refractivity contribution in [1.29, 1.82) is 0 Å². The van der Waals surface area contributed by atoms with E-state index in [9.17, 15) is 14.4 Å². The number of benzene rings is 2. The van der Waals surface area contributed by atoms with E-state index in [1.165, 1.54) is 4.90 Å². The zero-order chi connectivity index (χ0) is 20.4. The summed E-state index contributed by atoms with van der Waals surface area (Å²) in [6.45, 7) is 1.47. The summed E-state index contributed by atoms with van der Waals surface area (Å²) >= 11 is 0. The van der Waals surface area contributed by atoms with Gasteiger partial charge in [0.05, 0.1) is 12.7 Å². The van der Waals surface area contributed by atoms with Crippen LogP contribution in [0.1, 0.15) is 20.7 Å². The number of amides is 2.